The number of rotatable bonds is 5. The second-order valence-corrected chi connectivity index (χ2v) is 3.18. The van der Waals surface area contributed by atoms with Gasteiger partial charge in [-0.1, -0.05) is 6.92 Å². The number of amides is 2. The summed E-state index contributed by atoms with van der Waals surface area (Å²) in [5.74, 6) is -0.547. The average molecular weight is 215 g/mol. The minimum absolute atomic E-state index is 0.272. The van der Waals surface area contributed by atoms with Crippen molar-refractivity contribution in [2.24, 2.45) is 16.8 Å². The van der Waals surface area contributed by atoms with E-state index in [1.54, 1.807) is 20.8 Å². The first-order valence-corrected chi connectivity index (χ1v) is 4.72. The number of nitrogens with zero attached hydrogens (tertiary/aromatic N) is 1. The Morgan fingerprint density at radius 3 is 2.60 bits per heavy atom. The molecule has 0 fully saturated rings. The number of hydrazone groups is 1. The molecule has 3 N–H and O–H groups in total. The van der Waals surface area contributed by atoms with Crippen LogP contribution in [0.25, 0.3) is 0 Å². The van der Waals surface area contributed by atoms with Crippen molar-refractivity contribution in [1.82, 2.24) is 5.43 Å². The largest absolute Gasteiger partial charge is 0.466 e. The summed E-state index contributed by atoms with van der Waals surface area (Å²) in [4.78, 5) is 21.6. The maximum Gasteiger partial charge on any atom is 0.332 e. The summed E-state index contributed by atoms with van der Waals surface area (Å²) in [6.45, 7) is 5.55. The second kappa shape index (κ2) is 6.80. The van der Waals surface area contributed by atoms with Gasteiger partial charge < -0.3 is 10.5 Å². The molecule has 0 bridgehead atoms. The number of carbonyl (C=O) groups is 2. The number of hydrogen-bond acceptors (Lipinski definition) is 4. The lowest BCUT2D eigenvalue weighted by atomic mass is 10.1. The fraction of sp³-hybridized carbons (Fsp3) is 0.667. The molecule has 0 saturated carbocycles. The normalized spacial score (nSPS) is 13.1. The van der Waals surface area contributed by atoms with E-state index in [4.69, 9.17) is 10.5 Å². The summed E-state index contributed by atoms with van der Waals surface area (Å²) in [5.41, 5.74) is 7.55. The SMILES string of the molecule is CCOC(=O)[C@@H](C)C/C(C)=N\NC(N)=O. The summed E-state index contributed by atoms with van der Waals surface area (Å²) >= 11 is 0. The van der Waals surface area contributed by atoms with E-state index in [9.17, 15) is 9.59 Å². The van der Waals surface area contributed by atoms with E-state index in [1.165, 1.54) is 0 Å². The van der Waals surface area contributed by atoms with Gasteiger partial charge in [0, 0.05) is 12.1 Å². The molecule has 0 unspecified atom stereocenters. The Balaban J connectivity index is 4.05. The van der Waals surface area contributed by atoms with E-state index in [1.807, 2.05) is 0 Å². The second-order valence-electron chi connectivity index (χ2n) is 3.18. The monoisotopic (exact) mass is 215 g/mol. The maximum absolute atomic E-state index is 11.2. The molecule has 15 heavy (non-hydrogen) atoms. The summed E-state index contributed by atoms with van der Waals surface area (Å²) in [5, 5.41) is 3.69. The maximum atomic E-state index is 11.2. The van der Waals surface area contributed by atoms with Gasteiger partial charge in [-0.05, 0) is 13.8 Å². The lowest BCUT2D eigenvalue weighted by molar-refractivity contribution is -0.147. The van der Waals surface area contributed by atoms with Gasteiger partial charge in [0.25, 0.3) is 0 Å². The molecule has 0 saturated heterocycles. The zero-order valence-electron chi connectivity index (χ0n) is 9.24. The number of nitrogens with two attached hydrogens (primary N) is 1. The smallest absolute Gasteiger partial charge is 0.332 e. The Bertz CT molecular complexity index is 263. The summed E-state index contributed by atoms with van der Waals surface area (Å²) in [6.07, 6.45) is 0.430. The molecule has 0 aromatic carbocycles. The van der Waals surface area contributed by atoms with Gasteiger partial charge in [0.1, 0.15) is 0 Å². The number of ether oxygens (including phenoxy) is 1. The van der Waals surface area contributed by atoms with Crippen LogP contribution < -0.4 is 11.2 Å². The zero-order chi connectivity index (χ0) is 11.8. The van der Waals surface area contributed by atoms with Crippen LogP contribution >= 0.6 is 0 Å². The van der Waals surface area contributed by atoms with Gasteiger partial charge in [0.15, 0.2) is 0 Å². The van der Waals surface area contributed by atoms with Gasteiger partial charge >= 0.3 is 12.0 Å². The molecule has 2 amide bonds. The fourth-order valence-corrected chi connectivity index (χ4v) is 1.01. The third kappa shape index (κ3) is 6.48. The lowest BCUT2D eigenvalue weighted by Gasteiger charge is -2.09. The molecule has 1 atom stereocenters. The van der Waals surface area contributed by atoms with Crippen molar-refractivity contribution >= 4 is 17.7 Å². The van der Waals surface area contributed by atoms with Crippen LogP contribution in [0.15, 0.2) is 5.10 Å². The third-order valence-electron chi connectivity index (χ3n) is 1.65. The Kier molecular flexibility index (Phi) is 6.08. The average Bonchev–Trinajstić information content (AvgIpc) is 2.15. The molecule has 6 heteroatoms. The van der Waals surface area contributed by atoms with Crippen molar-refractivity contribution in [3.05, 3.63) is 0 Å². The van der Waals surface area contributed by atoms with E-state index in [2.05, 4.69) is 10.5 Å². The van der Waals surface area contributed by atoms with E-state index >= 15 is 0 Å². The topological polar surface area (TPSA) is 93.8 Å². The highest BCUT2D eigenvalue weighted by molar-refractivity contribution is 5.87. The Morgan fingerprint density at radius 2 is 2.13 bits per heavy atom. The first kappa shape index (κ1) is 13.4. The summed E-state index contributed by atoms with van der Waals surface area (Å²) in [6, 6.07) is -0.724. The van der Waals surface area contributed by atoms with Crippen molar-refractivity contribution in [3.8, 4) is 0 Å². The number of hydrogen-bond donors (Lipinski definition) is 2. The molecular weight excluding hydrogens is 198 g/mol. The zero-order valence-corrected chi connectivity index (χ0v) is 9.24. The Morgan fingerprint density at radius 1 is 1.53 bits per heavy atom. The van der Waals surface area contributed by atoms with E-state index in [-0.39, 0.29) is 11.9 Å². The molecule has 0 radical (unpaired) electrons. The minimum atomic E-state index is -0.724. The van der Waals surface area contributed by atoms with Crippen LogP contribution in [0.1, 0.15) is 27.2 Å². The van der Waals surface area contributed by atoms with E-state index < -0.39 is 6.03 Å². The minimum Gasteiger partial charge on any atom is -0.466 e. The molecule has 0 aliphatic heterocycles. The molecule has 6 nitrogen and oxygen atoms in total. The van der Waals surface area contributed by atoms with Crippen LogP contribution in [0.2, 0.25) is 0 Å². The molecule has 0 heterocycles. The predicted molar refractivity (Wildman–Crippen MR) is 56.2 cm³/mol. The fourth-order valence-electron chi connectivity index (χ4n) is 1.01. The van der Waals surface area contributed by atoms with Crippen molar-refractivity contribution in [1.29, 1.82) is 0 Å². The summed E-state index contributed by atoms with van der Waals surface area (Å²) < 4.78 is 4.82. The van der Waals surface area contributed by atoms with Crippen LogP contribution in [0.4, 0.5) is 4.79 Å². The number of urea groups is 1. The van der Waals surface area contributed by atoms with Gasteiger partial charge in [0.05, 0.1) is 12.5 Å². The Labute approximate surface area is 88.9 Å². The van der Waals surface area contributed by atoms with Gasteiger partial charge in [-0.3, -0.25) is 4.79 Å². The quantitative estimate of drug-likeness (QED) is 0.400. The van der Waals surface area contributed by atoms with Crippen LogP contribution in [-0.2, 0) is 9.53 Å². The van der Waals surface area contributed by atoms with Crippen molar-refractivity contribution in [3.63, 3.8) is 0 Å². The predicted octanol–water partition coefficient (Wildman–Crippen LogP) is 0.620. The highest BCUT2D eigenvalue weighted by Gasteiger charge is 2.14. The van der Waals surface area contributed by atoms with Crippen molar-refractivity contribution in [2.45, 2.75) is 27.2 Å². The first-order valence-electron chi connectivity index (χ1n) is 4.72. The first-order chi connectivity index (χ1) is 6.97. The van der Waals surface area contributed by atoms with E-state index in [0.29, 0.717) is 18.7 Å². The van der Waals surface area contributed by atoms with E-state index in [0.717, 1.165) is 0 Å². The van der Waals surface area contributed by atoms with Gasteiger partial charge in [0.2, 0.25) is 0 Å². The van der Waals surface area contributed by atoms with Crippen molar-refractivity contribution in [2.75, 3.05) is 6.61 Å². The molecule has 0 aliphatic carbocycles. The standard InChI is InChI=1S/C9H17N3O3/c1-4-15-8(13)6(2)5-7(3)11-12-9(10)14/h6H,4-5H2,1-3H3,(H3,10,12,14)/b11-7-/t6-/m0/s1. The van der Waals surface area contributed by atoms with Gasteiger partial charge in [-0.2, -0.15) is 5.10 Å². The highest BCUT2D eigenvalue weighted by Crippen LogP contribution is 2.05. The van der Waals surface area contributed by atoms with Gasteiger partial charge in [-0.25, -0.2) is 10.2 Å². The molecule has 0 spiro atoms. The number of carbonyl (C=O) groups excluding carboxylic acids is 2. The molecule has 0 rings (SSSR count). The highest BCUT2D eigenvalue weighted by atomic mass is 16.5. The number of esters is 1. The van der Waals surface area contributed by atoms with Crippen LogP contribution in [0.5, 0.6) is 0 Å². The molecule has 0 aliphatic rings. The van der Waals surface area contributed by atoms with Crippen LogP contribution in [0.3, 0.4) is 0 Å². The van der Waals surface area contributed by atoms with Crippen LogP contribution in [0, 0.1) is 5.92 Å². The molecule has 0 aromatic rings. The molecule has 0 aromatic heterocycles. The molecular formula is C9H17N3O3. The Hall–Kier alpha value is -1.59. The number of primary amides is 1. The third-order valence-corrected chi connectivity index (χ3v) is 1.65. The lowest BCUT2D eigenvalue weighted by Crippen LogP contribution is -2.26. The number of nitrogens with one attached hydrogen (secondary N) is 1. The van der Waals surface area contributed by atoms with Crippen molar-refractivity contribution < 1.29 is 14.3 Å². The van der Waals surface area contributed by atoms with Gasteiger partial charge in [-0.15, -0.1) is 0 Å². The summed E-state index contributed by atoms with van der Waals surface area (Å²) in [7, 11) is 0. The molecule has 86 valence electrons. The van der Waals surface area contributed by atoms with Crippen LogP contribution in [-0.4, -0.2) is 24.3 Å².